The molecule has 1 atom stereocenters. The largest absolute Gasteiger partial charge is 0.474 e. The highest BCUT2D eigenvalue weighted by Gasteiger charge is 2.06. The zero-order valence-corrected chi connectivity index (χ0v) is 17.9. The monoisotopic (exact) mass is 392 g/mol. The maximum atomic E-state index is 5.64. The summed E-state index contributed by atoms with van der Waals surface area (Å²) >= 11 is 0. The molecule has 1 aromatic heterocycles. The maximum Gasteiger partial charge on any atom is 0.314 e. The van der Waals surface area contributed by atoms with Crippen LogP contribution in [0.25, 0.3) is 0 Å². The zero-order chi connectivity index (χ0) is 21.0. The average molecular weight is 393 g/mol. The van der Waals surface area contributed by atoms with Crippen molar-refractivity contribution in [3.63, 3.8) is 0 Å². The quantitative estimate of drug-likeness (QED) is 0.675. The van der Waals surface area contributed by atoms with Crippen LogP contribution < -0.4 is 10.5 Å². The topological polar surface area (TPSA) is 91.3 Å². The van der Waals surface area contributed by atoms with Crippen LogP contribution >= 0.6 is 0 Å². The standard InChI is InChI=1S/C13H16N4O2.C6H14O.C2H6/c1-10-5-6-11(14)17-13(16-10)19-9-8-18-12-4-2-3-7-15-12;1-3-5-7-6-4-2;1-2/h2-7,10H,8-9H2,1H3,(H2,14,16,17);3-6H2,1-2H3;1-2H3. The van der Waals surface area contributed by atoms with Gasteiger partial charge in [0.05, 0.1) is 6.04 Å². The molecule has 1 unspecified atom stereocenters. The molecule has 0 saturated heterocycles. The minimum Gasteiger partial charge on any atom is -0.474 e. The lowest BCUT2D eigenvalue weighted by Gasteiger charge is -2.07. The summed E-state index contributed by atoms with van der Waals surface area (Å²) in [5.41, 5.74) is 5.64. The smallest absolute Gasteiger partial charge is 0.314 e. The molecule has 1 aliphatic rings. The van der Waals surface area contributed by atoms with Crippen LogP contribution in [0, 0.1) is 0 Å². The molecule has 1 aliphatic heterocycles. The molecule has 0 spiro atoms. The summed E-state index contributed by atoms with van der Waals surface area (Å²) < 4.78 is 15.9. The number of rotatable bonds is 8. The number of nitrogens with two attached hydrogens (primary N) is 1. The summed E-state index contributed by atoms with van der Waals surface area (Å²) in [7, 11) is 0. The Morgan fingerprint density at radius 3 is 2.29 bits per heavy atom. The van der Waals surface area contributed by atoms with Crippen molar-refractivity contribution in [1.29, 1.82) is 0 Å². The van der Waals surface area contributed by atoms with Gasteiger partial charge in [0.1, 0.15) is 19.0 Å². The number of amidine groups is 2. The molecular weight excluding hydrogens is 356 g/mol. The second kappa shape index (κ2) is 18.0. The van der Waals surface area contributed by atoms with Gasteiger partial charge in [-0.15, -0.1) is 0 Å². The van der Waals surface area contributed by atoms with Gasteiger partial charge < -0.3 is 19.9 Å². The number of nitrogens with zero attached hydrogens (tertiary/aromatic N) is 3. The number of pyridine rings is 1. The summed E-state index contributed by atoms with van der Waals surface area (Å²) in [5, 5.41) is 0. The first-order chi connectivity index (χ1) is 13.7. The van der Waals surface area contributed by atoms with Gasteiger partial charge in [-0.25, -0.2) is 9.98 Å². The van der Waals surface area contributed by atoms with Gasteiger partial charge in [0, 0.05) is 25.5 Å². The molecule has 0 bridgehead atoms. The van der Waals surface area contributed by atoms with Crippen molar-refractivity contribution in [3.05, 3.63) is 36.5 Å². The Labute approximate surface area is 169 Å². The van der Waals surface area contributed by atoms with Gasteiger partial charge in [-0.1, -0.05) is 39.8 Å². The minimum absolute atomic E-state index is 0.00323. The second-order valence-electron chi connectivity index (χ2n) is 5.53. The van der Waals surface area contributed by atoms with Crippen molar-refractivity contribution >= 4 is 11.9 Å². The lowest BCUT2D eigenvalue weighted by Crippen LogP contribution is -2.15. The highest BCUT2D eigenvalue weighted by molar-refractivity contribution is 6.00. The molecule has 1 aromatic rings. The van der Waals surface area contributed by atoms with Crippen molar-refractivity contribution in [3.8, 4) is 5.88 Å². The molecule has 2 rings (SSSR count). The first-order valence-corrected chi connectivity index (χ1v) is 10.00. The van der Waals surface area contributed by atoms with Gasteiger partial charge in [-0.05, 0) is 31.9 Å². The molecule has 0 fully saturated rings. The summed E-state index contributed by atoms with van der Waals surface area (Å²) in [6, 6.07) is 5.74. The van der Waals surface area contributed by atoms with Crippen LogP contribution in [0.3, 0.4) is 0 Å². The van der Waals surface area contributed by atoms with E-state index in [2.05, 4.69) is 28.8 Å². The summed E-state index contributed by atoms with van der Waals surface area (Å²) in [4.78, 5) is 12.3. The Morgan fingerprint density at radius 1 is 1.00 bits per heavy atom. The zero-order valence-electron chi connectivity index (χ0n) is 17.9. The lowest BCUT2D eigenvalue weighted by atomic mass is 10.3. The molecule has 7 nitrogen and oxygen atoms in total. The number of aromatic nitrogens is 1. The van der Waals surface area contributed by atoms with Crippen molar-refractivity contribution in [2.24, 2.45) is 15.7 Å². The molecule has 158 valence electrons. The van der Waals surface area contributed by atoms with E-state index >= 15 is 0 Å². The van der Waals surface area contributed by atoms with Crippen LogP contribution in [0.5, 0.6) is 5.88 Å². The van der Waals surface area contributed by atoms with Gasteiger partial charge in [0.15, 0.2) is 0 Å². The van der Waals surface area contributed by atoms with Gasteiger partial charge in [0.2, 0.25) is 5.88 Å². The van der Waals surface area contributed by atoms with Gasteiger partial charge in [-0.2, -0.15) is 4.99 Å². The van der Waals surface area contributed by atoms with Gasteiger partial charge in [0.25, 0.3) is 0 Å². The Morgan fingerprint density at radius 2 is 1.68 bits per heavy atom. The molecule has 0 aromatic carbocycles. The maximum absolute atomic E-state index is 5.64. The summed E-state index contributed by atoms with van der Waals surface area (Å²) in [5.74, 6) is 0.945. The van der Waals surface area contributed by atoms with E-state index in [4.69, 9.17) is 19.9 Å². The van der Waals surface area contributed by atoms with Crippen molar-refractivity contribution < 1.29 is 14.2 Å². The van der Waals surface area contributed by atoms with Crippen LogP contribution in [0.15, 0.2) is 46.5 Å². The van der Waals surface area contributed by atoms with Crippen molar-refractivity contribution in [2.45, 2.75) is 53.5 Å². The Kier molecular flexibility index (Phi) is 16.4. The predicted molar refractivity (Wildman–Crippen MR) is 116 cm³/mol. The molecule has 0 amide bonds. The SMILES string of the molecule is CC.CC1C=CC(N)=NC(OCCOc2ccccn2)=N1.CCCOCCC. The molecule has 28 heavy (non-hydrogen) atoms. The fraction of sp³-hybridized carbons (Fsp3) is 0.571. The third-order valence-electron chi connectivity index (χ3n) is 2.98. The van der Waals surface area contributed by atoms with Gasteiger partial charge >= 0.3 is 6.02 Å². The third kappa shape index (κ3) is 13.7. The number of hydrogen-bond donors (Lipinski definition) is 1. The highest BCUT2D eigenvalue weighted by Crippen LogP contribution is 2.04. The van der Waals surface area contributed by atoms with Gasteiger partial charge in [-0.3, -0.25) is 0 Å². The Bertz CT molecular complexity index is 570. The Hall–Kier alpha value is -2.41. The highest BCUT2D eigenvalue weighted by atomic mass is 16.5. The van der Waals surface area contributed by atoms with E-state index in [0.29, 0.717) is 24.9 Å². The van der Waals surface area contributed by atoms with E-state index in [0.717, 1.165) is 26.1 Å². The molecule has 0 radical (unpaired) electrons. The molecule has 2 heterocycles. The predicted octanol–water partition coefficient (Wildman–Crippen LogP) is 4.00. The van der Waals surface area contributed by atoms with E-state index in [-0.39, 0.29) is 12.1 Å². The van der Waals surface area contributed by atoms with Crippen molar-refractivity contribution in [1.82, 2.24) is 4.98 Å². The normalized spacial score (nSPS) is 15.0. The number of ether oxygens (including phenoxy) is 3. The summed E-state index contributed by atoms with van der Waals surface area (Å²) in [6.07, 6.45) is 7.53. The van der Waals surface area contributed by atoms with E-state index in [1.54, 1.807) is 18.3 Å². The first-order valence-electron chi connectivity index (χ1n) is 10.00. The van der Waals surface area contributed by atoms with E-state index in [1.165, 1.54) is 0 Å². The Balaban J connectivity index is 0.000000688. The van der Waals surface area contributed by atoms with E-state index in [1.807, 2.05) is 39.0 Å². The summed E-state index contributed by atoms with van der Waals surface area (Å²) in [6.45, 7) is 12.7. The van der Waals surface area contributed by atoms with Crippen LogP contribution in [-0.2, 0) is 9.47 Å². The van der Waals surface area contributed by atoms with Crippen LogP contribution in [0.1, 0.15) is 47.5 Å². The number of hydrogen-bond acceptors (Lipinski definition) is 7. The molecule has 7 heteroatoms. The van der Waals surface area contributed by atoms with Crippen LogP contribution in [0.2, 0.25) is 0 Å². The fourth-order valence-corrected chi connectivity index (χ4v) is 1.80. The second-order valence-corrected chi connectivity index (χ2v) is 5.53. The molecular formula is C21H36N4O3. The fourth-order valence-electron chi connectivity index (χ4n) is 1.80. The first kappa shape index (κ1) is 25.6. The van der Waals surface area contributed by atoms with E-state index in [9.17, 15) is 0 Å². The molecule has 0 saturated carbocycles. The third-order valence-corrected chi connectivity index (χ3v) is 2.98. The molecule has 2 N–H and O–H groups in total. The molecule has 0 aliphatic carbocycles. The average Bonchev–Trinajstić information content (AvgIpc) is 2.89. The number of aliphatic imine (C=N–C) groups is 2. The van der Waals surface area contributed by atoms with Crippen molar-refractivity contribution in [2.75, 3.05) is 26.4 Å². The van der Waals surface area contributed by atoms with E-state index < -0.39 is 0 Å². The van der Waals surface area contributed by atoms with Crippen LogP contribution in [-0.4, -0.2) is 49.3 Å². The lowest BCUT2D eigenvalue weighted by molar-refractivity contribution is 0.135. The van der Waals surface area contributed by atoms with Crippen LogP contribution in [0.4, 0.5) is 0 Å². The minimum atomic E-state index is -0.00323.